The molecule has 1 heterocycles. The van der Waals surface area contributed by atoms with Gasteiger partial charge in [-0.15, -0.1) is 0 Å². The quantitative estimate of drug-likeness (QED) is 0.908. The molecule has 0 saturated carbocycles. The molecular formula is C13H14ClNO2. The van der Waals surface area contributed by atoms with Crippen LogP contribution in [0.3, 0.4) is 0 Å². The number of nitrogens with two attached hydrogens (primary N) is 1. The Morgan fingerprint density at radius 3 is 2.88 bits per heavy atom. The van der Waals surface area contributed by atoms with Crippen molar-refractivity contribution in [1.82, 2.24) is 0 Å². The maximum absolute atomic E-state index is 6.10. The first kappa shape index (κ1) is 12.2. The van der Waals surface area contributed by atoms with E-state index in [2.05, 4.69) is 0 Å². The van der Waals surface area contributed by atoms with Crippen molar-refractivity contribution in [3.63, 3.8) is 0 Å². The molecule has 0 saturated heterocycles. The molecule has 1 aromatic carbocycles. The van der Waals surface area contributed by atoms with Crippen LogP contribution in [0.2, 0.25) is 5.02 Å². The van der Waals surface area contributed by atoms with Crippen molar-refractivity contribution in [2.24, 2.45) is 5.73 Å². The van der Waals surface area contributed by atoms with Gasteiger partial charge in [-0.05, 0) is 29.8 Å². The number of ether oxygens (including phenoxy) is 1. The molecule has 0 fully saturated rings. The molecule has 0 radical (unpaired) electrons. The van der Waals surface area contributed by atoms with Crippen LogP contribution in [-0.2, 0) is 11.3 Å². The smallest absolute Gasteiger partial charge is 0.129 e. The lowest BCUT2D eigenvalue weighted by Crippen LogP contribution is -2.10. The summed E-state index contributed by atoms with van der Waals surface area (Å²) >= 11 is 5.93. The zero-order valence-corrected chi connectivity index (χ0v) is 10.3. The molecule has 1 unspecified atom stereocenters. The minimum absolute atomic E-state index is 0.306. The monoisotopic (exact) mass is 251 g/mol. The Balaban J connectivity index is 2.21. The van der Waals surface area contributed by atoms with E-state index in [-0.39, 0.29) is 6.04 Å². The number of hydrogen-bond donors (Lipinski definition) is 1. The van der Waals surface area contributed by atoms with E-state index in [0.29, 0.717) is 17.4 Å². The predicted octanol–water partition coefficient (Wildman–Crippen LogP) is 3.13. The van der Waals surface area contributed by atoms with Crippen LogP contribution in [0.25, 0.3) is 0 Å². The second-order valence-corrected chi connectivity index (χ2v) is 4.21. The molecule has 0 aliphatic rings. The Morgan fingerprint density at radius 2 is 2.18 bits per heavy atom. The van der Waals surface area contributed by atoms with Crippen molar-refractivity contribution in [2.75, 3.05) is 7.11 Å². The molecule has 0 aliphatic heterocycles. The lowest BCUT2D eigenvalue weighted by atomic mass is 10.1. The van der Waals surface area contributed by atoms with Crippen LogP contribution in [0, 0.1) is 0 Å². The normalized spacial score (nSPS) is 12.6. The zero-order chi connectivity index (χ0) is 12.3. The molecule has 1 atom stereocenters. The molecule has 0 amide bonds. The van der Waals surface area contributed by atoms with Gasteiger partial charge in [-0.3, -0.25) is 0 Å². The number of benzene rings is 1. The molecular weight excluding hydrogens is 238 g/mol. The van der Waals surface area contributed by atoms with E-state index in [4.69, 9.17) is 26.5 Å². The fourth-order valence-corrected chi connectivity index (χ4v) is 1.84. The fourth-order valence-electron chi connectivity index (χ4n) is 1.65. The van der Waals surface area contributed by atoms with Gasteiger partial charge in [-0.25, -0.2) is 0 Å². The lowest BCUT2D eigenvalue weighted by Gasteiger charge is -2.09. The van der Waals surface area contributed by atoms with Gasteiger partial charge in [-0.1, -0.05) is 23.7 Å². The van der Waals surface area contributed by atoms with Crippen LogP contribution in [0.4, 0.5) is 0 Å². The van der Waals surface area contributed by atoms with E-state index >= 15 is 0 Å². The molecule has 1 aromatic heterocycles. The van der Waals surface area contributed by atoms with E-state index in [1.54, 1.807) is 7.11 Å². The summed E-state index contributed by atoms with van der Waals surface area (Å²) in [6, 6.07) is 10.9. The molecule has 2 N–H and O–H groups in total. The Hall–Kier alpha value is -1.29. The average molecular weight is 252 g/mol. The van der Waals surface area contributed by atoms with E-state index in [1.165, 1.54) is 0 Å². The fraction of sp³-hybridized carbons (Fsp3) is 0.231. The zero-order valence-electron chi connectivity index (χ0n) is 9.52. The molecule has 3 nitrogen and oxygen atoms in total. The second kappa shape index (κ2) is 5.36. The van der Waals surface area contributed by atoms with Gasteiger partial charge >= 0.3 is 0 Å². The average Bonchev–Trinajstić information content (AvgIpc) is 2.77. The minimum Gasteiger partial charge on any atom is -0.462 e. The molecule has 0 spiro atoms. The van der Waals surface area contributed by atoms with Gasteiger partial charge in [0.25, 0.3) is 0 Å². The number of methoxy groups -OCH3 is 1. The number of rotatable bonds is 4. The van der Waals surface area contributed by atoms with Gasteiger partial charge in [0.2, 0.25) is 0 Å². The first-order valence-electron chi connectivity index (χ1n) is 5.29. The van der Waals surface area contributed by atoms with Crippen molar-refractivity contribution in [1.29, 1.82) is 0 Å². The SMILES string of the molecule is COCc1ccc(C(N)c2cccc(Cl)c2)o1. The van der Waals surface area contributed by atoms with Crippen molar-refractivity contribution in [2.45, 2.75) is 12.6 Å². The van der Waals surface area contributed by atoms with Gasteiger partial charge in [0, 0.05) is 12.1 Å². The number of halogens is 1. The Labute approximate surface area is 105 Å². The Morgan fingerprint density at radius 1 is 1.35 bits per heavy atom. The first-order chi connectivity index (χ1) is 8.20. The standard InChI is InChI=1S/C13H14ClNO2/c1-16-8-11-5-6-12(17-11)13(15)9-3-2-4-10(14)7-9/h2-7,13H,8,15H2,1H3. The molecule has 2 rings (SSSR count). The maximum Gasteiger partial charge on any atom is 0.129 e. The van der Waals surface area contributed by atoms with Crippen LogP contribution in [0.5, 0.6) is 0 Å². The van der Waals surface area contributed by atoms with Gasteiger partial charge in [0.1, 0.15) is 18.1 Å². The number of furan rings is 1. The first-order valence-corrected chi connectivity index (χ1v) is 5.67. The summed E-state index contributed by atoms with van der Waals surface area (Å²) in [6.07, 6.45) is 0. The van der Waals surface area contributed by atoms with E-state index in [9.17, 15) is 0 Å². The van der Waals surface area contributed by atoms with E-state index in [0.717, 1.165) is 11.3 Å². The summed E-state index contributed by atoms with van der Waals surface area (Å²) < 4.78 is 10.6. The van der Waals surface area contributed by atoms with E-state index < -0.39 is 0 Å². The Bertz CT molecular complexity index is 496. The topological polar surface area (TPSA) is 48.4 Å². The summed E-state index contributed by atoms with van der Waals surface area (Å²) in [5, 5.41) is 0.668. The molecule has 4 heteroatoms. The highest BCUT2D eigenvalue weighted by Crippen LogP contribution is 2.24. The summed E-state index contributed by atoms with van der Waals surface area (Å²) in [7, 11) is 1.62. The summed E-state index contributed by atoms with van der Waals surface area (Å²) in [4.78, 5) is 0. The molecule has 90 valence electrons. The maximum atomic E-state index is 6.10. The highest BCUT2D eigenvalue weighted by atomic mass is 35.5. The summed E-state index contributed by atoms with van der Waals surface area (Å²) in [5.74, 6) is 1.47. The van der Waals surface area contributed by atoms with Gasteiger partial charge in [0.15, 0.2) is 0 Å². The van der Waals surface area contributed by atoms with Crippen LogP contribution in [0.15, 0.2) is 40.8 Å². The van der Waals surface area contributed by atoms with Crippen LogP contribution in [-0.4, -0.2) is 7.11 Å². The third-order valence-electron chi connectivity index (χ3n) is 2.48. The third-order valence-corrected chi connectivity index (χ3v) is 2.72. The van der Waals surface area contributed by atoms with Gasteiger partial charge < -0.3 is 14.9 Å². The van der Waals surface area contributed by atoms with E-state index in [1.807, 2.05) is 36.4 Å². The lowest BCUT2D eigenvalue weighted by molar-refractivity contribution is 0.162. The van der Waals surface area contributed by atoms with Crippen molar-refractivity contribution in [3.05, 3.63) is 58.5 Å². The summed E-state index contributed by atoms with van der Waals surface area (Å²) in [6.45, 7) is 0.447. The third kappa shape index (κ3) is 2.88. The van der Waals surface area contributed by atoms with Crippen molar-refractivity contribution >= 4 is 11.6 Å². The van der Waals surface area contributed by atoms with Gasteiger partial charge in [-0.2, -0.15) is 0 Å². The highest BCUT2D eigenvalue weighted by molar-refractivity contribution is 6.30. The van der Waals surface area contributed by atoms with Crippen LogP contribution >= 0.6 is 11.6 Å². The molecule has 2 aromatic rings. The molecule has 0 aliphatic carbocycles. The molecule has 17 heavy (non-hydrogen) atoms. The predicted molar refractivity (Wildman–Crippen MR) is 66.9 cm³/mol. The Kier molecular flexibility index (Phi) is 3.84. The summed E-state index contributed by atoms with van der Waals surface area (Å²) in [5.41, 5.74) is 7.03. The number of hydrogen-bond acceptors (Lipinski definition) is 3. The second-order valence-electron chi connectivity index (χ2n) is 3.77. The van der Waals surface area contributed by atoms with Crippen LogP contribution < -0.4 is 5.73 Å². The molecule has 0 bridgehead atoms. The largest absolute Gasteiger partial charge is 0.462 e. The highest BCUT2D eigenvalue weighted by Gasteiger charge is 2.13. The van der Waals surface area contributed by atoms with Gasteiger partial charge in [0.05, 0.1) is 6.04 Å². The minimum atomic E-state index is -0.306. The van der Waals surface area contributed by atoms with Crippen molar-refractivity contribution < 1.29 is 9.15 Å². The van der Waals surface area contributed by atoms with Crippen LogP contribution in [0.1, 0.15) is 23.1 Å². The van der Waals surface area contributed by atoms with Crippen molar-refractivity contribution in [3.8, 4) is 0 Å².